The SMILES string of the molecule is COc1ccc(S(=O)(=O)NC(C)(C)c2nccs2)c(C)c1F. The average Bonchev–Trinajstić information content (AvgIpc) is 2.95. The highest BCUT2D eigenvalue weighted by Crippen LogP contribution is 2.29. The van der Waals surface area contributed by atoms with Gasteiger partial charge in [0, 0.05) is 17.1 Å². The predicted octanol–water partition coefficient (Wildman–Crippen LogP) is 2.81. The number of sulfonamides is 1. The second-order valence-electron chi connectivity index (χ2n) is 5.27. The largest absolute Gasteiger partial charge is 0.494 e. The Morgan fingerprint density at radius 3 is 2.59 bits per heavy atom. The third-order valence-electron chi connectivity index (χ3n) is 3.17. The number of rotatable bonds is 5. The van der Waals surface area contributed by atoms with E-state index in [2.05, 4.69) is 9.71 Å². The van der Waals surface area contributed by atoms with E-state index in [1.807, 2.05) is 0 Å². The molecule has 0 unspecified atom stereocenters. The molecule has 1 N–H and O–H groups in total. The van der Waals surface area contributed by atoms with Crippen molar-refractivity contribution in [3.63, 3.8) is 0 Å². The summed E-state index contributed by atoms with van der Waals surface area (Å²) in [7, 11) is -2.57. The van der Waals surface area contributed by atoms with E-state index in [9.17, 15) is 12.8 Å². The van der Waals surface area contributed by atoms with Crippen LogP contribution in [0.1, 0.15) is 24.4 Å². The molecule has 2 rings (SSSR count). The first kappa shape index (κ1) is 16.9. The smallest absolute Gasteiger partial charge is 0.241 e. The van der Waals surface area contributed by atoms with Crippen molar-refractivity contribution in [1.82, 2.24) is 9.71 Å². The van der Waals surface area contributed by atoms with Gasteiger partial charge in [0.05, 0.1) is 17.5 Å². The maximum Gasteiger partial charge on any atom is 0.241 e. The fourth-order valence-electron chi connectivity index (χ4n) is 2.06. The average molecular weight is 344 g/mol. The molecule has 0 radical (unpaired) electrons. The van der Waals surface area contributed by atoms with Gasteiger partial charge in [-0.25, -0.2) is 17.8 Å². The molecule has 22 heavy (non-hydrogen) atoms. The van der Waals surface area contributed by atoms with Gasteiger partial charge in [-0.15, -0.1) is 11.3 Å². The van der Waals surface area contributed by atoms with Crippen LogP contribution in [-0.4, -0.2) is 20.5 Å². The van der Waals surface area contributed by atoms with Gasteiger partial charge in [0.1, 0.15) is 5.01 Å². The molecule has 0 spiro atoms. The minimum atomic E-state index is -3.90. The molecule has 120 valence electrons. The van der Waals surface area contributed by atoms with Crippen molar-refractivity contribution in [3.05, 3.63) is 40.1 Å². The molecule has 0 saturated heterocycles. The summed E-state index contributed by atoms with van der Waals surface area (Å²) >= 11 is 1.35. The number of nitrogens with zero attached hydrogens (tertiary/aromatic N) is 1. The molecule has 0 fully saturated rings. The number of hydrogen-bond donors (Lipinski definition) is 1. The van der Waals surface area contributed by atoms with Gasteiger partial charge in [0.15, 0.2) is 11.6 Å². The first-order chi connectivity index (χ1) is 10.2. The zero-order valence-electron chi connectivity index (χ0n) is 12.7. The van der Waals surface area contributed by atoms with Crippen molar-refractivity contribution in [2.45, 2.75) is 31.2 Å². The van der Waals surface area contributed by atoms with E-state index in [1.54, 1.807) is 25.4 Å². The number of ether oxygens (including phenoxy) is 1. The van der Waals surface area contributed by atoms with Crippen LogP contribution >= 0.6 is 11.3 Å². The van der Waals surface area contributed by atoms with E-state index in [1.165, 1.54) is 37.5 Å². The highest BCUT2D eigenvalue weighted by Gasteiger charge is 2.31. The Morgan fingerprint density at radius 1 is 1.36 bits per heavy atom. The third kappa shape index (κ3) is 3.13. The topological polar surface area (TPSA) is 68.3 Å². The lowest BCUT2D eigenvalue weighted by molar-refractivity contribution is 0.383. The number of hydrogen-bond acceptors (Lipinski definition) is 5. The lowest BCUT2D eigenvalue weighted by Gasteiger charge is -2.24. The van der Waals surface area contributed by atoms with Crippen LogP contribution in [-0.2, 0) is 15.6 Å². The van der Waals surface area contributed by atoms with Crippen molar-refractivity contribution in [2.75, 3.05) is 7.11 Å². The summed E-state index contributed by atoms with van der Waals surface area (Å²) in [5, 5.41) is 2.40. The van der Waals surface area contributed by atoms with Crippen LogP contribution in [0.25, 0.3) is 0 Å². The number of benzene rings is 1. The maximum atomic E-state index is 14.1. The molecule has 0 atom stereocenters. The summed E-state index contributed by atoms with van der Waals surface area (Å²) in [6.45, 7) is 4.82. The zero-order chi connectivity index (χ0) is 16.5. The summed E-state index contributed by atoms with van der Waals surface area (Å²) in [5.74, 6) is -0.673. The molecule has 0 saturated carbocycles. The van der Waals surface area contributed by atoms with Crippen LogP contribution in [0.5, 0.6) is 5.75 Å². The summed E-state index contributed by atoms with van der Waals surface area (Å²) in [5.41, 5.74) is -0.877. The minimum absolute atomic E-state index is 0.00985. The summed E-state index contributed by atoms with van der Waals surface area (Å²) in [6, 6.07) is 2.63. The zero-order valence-corrected chi connectivity index (χ0v) is 14.3. The van der Waals surface area contributed by atoms with Crippen LogP contribution in [0.2, 0.25) is 0 Å². The van der Waals surface area contributed by atoms with Gasteiger partial charge in [0.25, 0.3) is 0 Å². The Bertz CT molecular complexity index is 772. The van der Waals surface area contributed by atoms with Gasteiger partial charge in [-0.3, -0.25) is 0 Å². The molecule has 1 aromatic carbocycles. The monoisotopic (exact) mass is 344 g/mol. The van der Waals surface area contributed by atoms with E-state index in [-0.39, 0.29) is 16.2 Å². The number of halogens is 1. The molecular weight excluding hydrogens is 327 g/mol. The first-order valence-corrected chi connectivity index (χ1v) is 8.82. The second kappa shape index (κ2) is 5.94. The van der Waals surface area contributed by atoms with Crippen molar-refractivity contribution < 1.29 is 17.5 Å². The van der Waals surface area contributed by atoms with Gasteiger partial charge in [-0.1, -0.05) is 0 Å². The standard InChI is InChI=1S/C14H17FN2O3S2/c1-9-11(6-5-10(20-4)12(9)15)22(18,19)17-14(2,3)13-16-7-8-21-13/h5-8,17H,1-4H3. The van der Waals surface area contributed by atoms with E-state index in [0.29, 0.717) is 5.01 Å². The Labute approximate surface area is 133 Å². The molecule has 0 amide bonds. The summed E-state index contributed by atoms with van der Waals surface area (Å²) in [4.78, 5) is 4.02. The normalized spacial score (nSPS) is 12.4. The van der Waals surface area contributed by atoms with Gasteiger partial charge in [0.2, 0.25) is 10.0 Å². The Kier molecular flexibility index (Phi) is 4.55. The third-order valence-corrected chi connectivity index (χ3v) is 6.06. The number of methoxy groups -OCH3 is 1. The molecule has 0 aliphatic rings. The van der Waals surface area contributed by atoms with Crippen LogP contribution in [0.4, 0.5) is 4.39 Å². The van der Waals surface area contributed by atoms with Crippen molar-refractivity contribution in [1.29, 1.82) is 0 Å². The second-order valence-corrected chi connectivity index (χ2v) is 7.82. The number of thiazole rings is 1. The molecule has 1 aromatic heterocycles. The van der Waals surface area contributed by atoms with Crippen LogP contribution < -0.4 is 9.46 Å². The maximum absolute atomic E-state index is 14.1. The molecular formula is C14H17FN2O3S2. The van der Waals surface area contributed by atoms with E-state index >= 15 is 0 Å². The van der Waals surface area contributed by atoms with Crippen molar-refractivity contribution >= 4 is 21.4 Å². The molecule has 5 nitrogen and oxygen atoms in total. The van der Waals surface area contributed by atoms with Gasteiger partial charge < -0.3 is 4.74 Å². The molecule has 1 heterocycles. The van der Waals surface area contributed by atoms with Crippen LogP contribution in [0.3, 0.4) is 0 Å². The van der Waals surface area contributed by atoms with E-state index in [0.717, 1.165) is 0 Å². The summed E-state index contributed by atoms with van der Waals surface area (Å²) in [6.07, 6.45) is 1.61. The van der Waals surface area contributed by atoms with Crippen molar-refractivity contribution in [2.24, 2.45) is 0 Å². The molecule has 0 aliphatic heterocycles. The first-order valence-electron chi connectivity index (χ1n) is 6.46. The molecule has 8 heteroatoms. The lowest BCUT2D eigenvalue weighted by Crippen LogP contribution is -2.41. The van der Waals surface area contributed by atoms with E-state index < -0.39 is 21.4 Å². The fourth-order valence-corrected chi connectivity index (χ4v) is 4.46. The number of nitrogens with one attached hydrogen (secondary N) is 1. The van der Waals surface area contributed by atoms with Crippen molar-refractivity contribution in [3.8, 4) is 5.75 Å². The van der Waals surface area contributed by atoms with Crippen LogP contribution in [0.15, 0.2) is 28.6 Å². The summed E-state index contributed by atoms with van der Waals surface area (Å²) < 4.78 is 46.6. The predicted molar refractivity (Wildman–Crippen MR) is 83.2 cm³/mol. The highest BCUT2D eigenvalue weighted by molar-refractivity contribution is 7.89. The fraction of sp³-hybridized carbons (Fsp3) is 0.357. The lowest BCUT2D eigenvalue weighted by atomic mass is 10.1. The Morgan fingerprint density at radius 2 is 2.05 bits per heavy atom. The molecule has 2 aromatic rings. The molecule has 0 bridgehead atoms. The van der Waals surface area contributed by atoms with E-state index in [4.69, 9.17) is 4.74 Å². The van der Waals surface area contributed by atoms with Gasteiger partial charge in [-0.2, -0.15) is 4.72 Å². The Hall–Kier alpha value is -1.51. The Balaban J connectivity index is 2.42. The van der Waals surface area contributed by atoms with Gasteiger partial charge in [-0.05, 0) is 32.9 Å². The highest BCUT2D eigenvalue weighted by atomic mass is 32.2. The molecule has 0 aliphatic carbocycles. The van der Waals surface area contributed by atoms with Gasteiger partial charge >= 0.3 is 0 Å². The number of aromatic nitrogens is 1. The van der Waals surface area contributed by atoms with Crippen LogP contribution in [0, 0.1) is 12.7 Å². The minimum Gasteiger partial charge on any atom is -0.494 e. The quantitative estimate of drug-likeness (QED) is 0.906.